The van der Waals surface area contributed by atoms with Gasteiger partial charge in [0, 0.05) is 17.3 Å². The lowest BCUT2D eigenvalue weighted by Gasteiger charge is -2.37. The number of hydrogen-bond donors (Lipinski definition) is 5. The molecule has 8 nitrogen and oxygen atoms in total. The summed E-state index contributed by atoms with van der Waals surface area (Å²) in [5, 5.41) is 45.6. The first kappa shape index (κ1) is 19.8. The Hall–Kier alpha value is -1.52. The van der Waals surface area contributed by atoms with Gasteiger partial charge < -0.3 is 34.7 Å². The van der Waals surface area contributed by atoms with Gasteiger partial charge in [-0.25, -0.2) is 4.79 Å². The molecule has 3 rings (SSSR count). The minimum Gasteiger partial charge on any atom is -0.423 e. The zero-order chi connectivity index (χ0) is 18.6. The van der Waals surface area contributed by atoms with E-state index in [9.17, 15) is 4.79 Å². The number of alkyl halides is 1. The van der Waals surface area contributed by atoms with Crippen molar-refractivity contribution >= 4 is 22.6 Å². The van der Waals surface area contributed by atoms with Crippen LogP contribution in [0.5, 0.6) is 0 Å². The lowest BCUT2D eigenvalue weighted by atomic mass is 10.00. The second kappa shape index (κ2) is 8.72. The van der Waals surface area contributed by atoms with Crippen molar-refractivity contribution in [2.45, 2.75) is 36.6 Å². The summed E-state index contributed by atoms with van der Waals surface area (Å²) in [6.07, 6.45) is -7.04. The molecule has 9 heteroatoms. The highest BCUT2D eigenvalue weighted by Crippen LogP contribution is 2.19. The van der Waals surface area contributed by atoms with Crippen molar-refractivity contribution in [3.05, 3.63) is 46.3 Å². The minimum absolute atomic E-state index is 0.326. The van der Waals surface area contributed by atoms with E-state index in [1.807, 2.05) is 18.2 Å². The van der Waals surface area contributed by atoms with E-state index in [0.29, 0.717) is 11.5 Å². The van der Waals surface area contributed by atoms with Crippen LogP contribution in [0.4, 0.5) is 0 Å². The Kier molecular flexibility index (Phi) is 6.91. The summed E-state index contributed by atoms with van der Waals surface area (Å²) in [7, 11) is 0. The fourth-order valence-electron chi connectivity index (χ4n) is 2.37. The van der Waals surface area contributed by atoms with Gasteiger partial charge in [0.2, 0.25) is 0 Å². The van der Waals surface area contributed by atoms with Gasteiger partial charge in [0.15, 0.2) is 6.29 Å². The predicted octanol–water partition coefficient (Wildman–Crippen LogP) is -0.690. The van der Waals surface area contributed by atoms with Gasteiger partial charge in [-0.1, -0.05) is 18.2 Å². The first-order valence-electron chi connectivity index (χ1n) is 7.45. The average Bonchev–Trinajstić information content (AvgIpc) is 2.62. The van der Waals surface area contributed by atoms with E-state index in [2.05, 4.69) is 4.74 Å². The number of fused-ring (bicyclic) bond motifs is 1. The number of benzene rings is 1. The molecule has 2 heterocycles. The van der Waals surface area contributed by atoms with Crippen molar-refractivity contribution in [1.82, 2.24) is 0 Å². The quantitative estimate of drug-likeness (QED) is 0.343. The molecule has 1 aromatic carbocycles. The summed E-state index contributed by atoms with van der Waals surface area (Å²) in [5.41, 5.74) is 1.05. The summed E-state index contributed by atoms with van der Waals surface area (Å²) < 4.78 is 9.57. The molecule has 2 aromatic rings. The van der Waals surface area contributed by atoms with Crippen LogP contribution in [0.25, 0.3) is 11.0 Å². The van der Waals surface area contributed by atoms with Crippen molar-refractivity contribution in [2.24, 2.45) is 0 Å². The molecule has 0 bridgehead atoms. The molecular formula is C16H19ClO8. The number of halogens is 1. The molecular weight excluding hydrogens is 356 g/mol. The Morgan fingerprint density at radius 2 is 1.72 bits per heavy atom. The van der Waals surface area contributed by atoms with Gasteiger partial charge in [-0.3, -0.25) is 0 Å². The standard InChI is InChI=1S/C10H7ClO2.C6H12O6/c11-6-7-5-10(12)13-9-4-2-1-3-8(7)9;7-1-2-3(8)4(9)5(10)6(11)12-2/h1-5H,6H2;2-11H,1H2/t;2-,3+,4+,5-,6-/m.1/s1. The van der Waals surface area contributed by atoms with Gasteiger partial charge in [-0.05, 0) is 11.6 Å². The van der Waals surface area contributed by atoms with Crippen LogP contribution in [0.15, 0.2) is 39.5 Å². The third-order valence-corrected chi connectivity index (χ3v) is 4.03. The van der Waals surface area contributed by atoms with E-state index in [0.717, 1.165) is 10.9 Å². The smallest absolute Gasteiger partial charge is 0.336 e. The zero-order valence-corrected chi connectivity index (χ0v) is 13.8. The SMILES string of the molecule is O=c1cc(CCl)c2ccccc2o1.OC[C@H]1O[C@@H](O)[C@H](O)[C@@H](O)[C@H]1O. The molecule has 25 heavy (non-hydrogen) atoms. The molecule has 5 atom stereocenters. The Balaban J connectivity index is 0.000000181. The second-order valence-electron chi connectivity index (χ2n) is 5.44. The maximum atomic E-state index is 11.0. The van der Waals surface area contributed by atoms with E-state index < -0.39 is 37.3 Å². The van der Waals surface area contributed by atoms with Crippen molar-refractivity contribution < 1.29 is 34.7 Å². The topological polar surface area (TPSA) is 141 Å². The maximum absolute atomic E-state index is 11.0. The van der Waals surface area contributed by atoms with Crippen LogP contribution >= 0.6 is 11.6 Å². The molecule has 138 valence electrons. The molecule has 1 fully saturated rings. The number of aliphatic hydroxyl groups excluding tert-OH is 5. The van der Waals surface area contributed by atoms with Crippen LogP contribution in [0.2, 0.25) is 0 Å². The van der Waals surface area contributed by atoms with Crippen molar-refractivity contribution in [3.8, 4) is 0 Å². The zero-order valence-electron chi connectivity index (χ0n) is 13.0. The summed E-state index contributed by atoms with van der Waals surface area (Å²) in [5.74, 6) is 0.326. The molecule has 1 aliphatic rings. The van der Waals surface area contributed by atoms with E-state index in [1.165, 1.54) is 6.07 Å². The van der Waals surface area contributed by atoms with Gasteiger partial charge in [0.05, 0.1) is 6.61 Å². The van der Waals surface area contributed by atoms with Gasteiger partial charge in [-0.15, -0.1) is 11.6 Å². The van der Waals surface area contributed by atoms with Gasteiger partial charge in [-0.2, -0.15) is 0 Å². The molecule has 0 radical (unpaired) electrons. The highest BCUT2D eigenvalue weighted by atomic mass is 35.5. The predicted molar refractivity (Wildman–Crippen MR) is 88.0 cm³/mol. The van der Waals surface area contributed by atoms with Crippen LogP contribution in [-0.4, -0.2) is 62.8 Å². The Morgan fingerprint density at radius 1 is 1.04 bits per heavy atom. The number of para-hydroxylation sites is 1. The normalized spacial score (nSPS) is 29.1. The summed E-state index contributed by atoms with van der Waals surface area (Å²) in [6.45, 7) is -0.526. The highest BCUT2D eigenvalue weighted by Gasteiger charge is 2.42. The van der Waals surface area contributed by atoms with Gasteiger partial charge >= 0.3 is 5.63 Å². The molecule has 1 saturated heterocycles. The highest BCUT2D eigenvalue weighted by molar-refractivity contribution is 6.17. The van der Waals surface area contributed by atoms with E-state index in [1.54, 1.807) is 6.07 Å². The summed E-state index contributed by atoms with van der Waals surface area (Å²) >= 11 is 5.70. The minimum atomic E-state index is -1.57. The fourth-order valence-corrected chi connectivity index (χ4v) is 2.59. The molecule has 0 spiro atoms. The Morgan fingerprint density at radius 3 is 2.36 bits per heavy atom. The molecule has 0 aliphatic carbocycles. The molecule has 0 saturated carbocycles. The third-order valence-electron chi connectivity index (χ3n) is 3.75. The average molecular weight is 375 g/mol. The first-order chi connectivity index (χ1) is 11.9. The molecule has 5 N–H and O–H groups in total. The van der Waals surface area contributed by atoms with Crippen molar-refractivity contribution in [2.75, 3.05) is 6.61 Å². The molecule has 1 aliphatic heterocycles. The lowest BCUT2D eigenvalue weighted by molar-refractivity contribution is -0.286. The third kappa shape index (κ3) is 4.56. The van der Waals surface area contributed by atoms with E-state index >= 15 is 0 Å². The van der Waals surface area contributed by atoms with E-state index in [4.69, 9.17) is 41.6 Å². The Labute approximate surface area is 147 Å². The fraction of sp³-hybridized carbons (Fsp3) is 0.438. The van der Waals surface area contributed by atoms with Crippen molar-refractivity contribution in [3.63, 3.8) is 0 Å². The van der Waals surface area contributed by atoms with Crippen LogP contribution in [-0.2, 0) is 10.6 Å². The number of aliphatic hydroxyl groups is 5. The number of hydrogen-bond acceptors (Lipinski definition) is 8. The molecule has 1 aromatic heterocycles. The number of ether oxygens (including phenoxy) is 1. The van der Waals surface area contributed by atoms with Crippen LogP contribution < -0.4 is 5.63 Å². The van der Waals surface area contributed by atoms with Crippen LogP contribution in [0.1, 0.15) is 5.56 Å². The number of rotatable bonds is 2. The Bertz CT molecular complexity index is 743. The van der Waals surface area contributed by atoms with Crippen molar-refractivity contribution in [1.29, 1.82) is 0 Å². The van der Waals surface area contributed by atoms with Crippen LogP contribution in [0, 0.1) is 0 Å². The van der Waals surface area contributed by atoms with Crippen LogP contribution in [0.3, 0.4) is 0 Å². The largest absolute Gasteiger partial charge is 0.423 e. The first-order valence-corrected chi connectivity index (χ1v) is 7.98. The summed E-state index contributed by atoms with van der Waals surface area (Å²) in [6, 6.07) is 8.78. The van der Waals surface area contributed by atoms with E-state index in [-0.39, 0.29) is 5.63 Å². The second-order valence-corrected chi connectivity index (χ2v) is 5.71. The molecule has 0 unspecified atom stereocenters. The summed E-state index contributed by atoms with van der Waals surface area (Å²) in [4.78, 5) is 11.0. The van der Waals surface area contributed by atoms with Gasteiger partial charge in [0.1, 0.15) is 30.0 Å². The maximum Gasteiger partial charge on any atom is 0.336 e. The lowest BCUT2D eigenvalue weighted by Crippen LogP contribution is -2.58. The van der Waals surface area contributed by atoms with Gasteiger partial charge in [0.25, 0.3) is 0 Å². The monoisotopic (exact) mass is 374 g/mol. The molecule has 0 amide bonds.